The molecule has 0 aliphatic carbocycles. The summed E-state index contributed by atoms with van der Waals surface area (Å²) < 4.78 is 68.3. The highest BCUT2D eigenvalue weighted by molar-refractivity contribution is 7.90. The molecule has 0 radical (unpaired) electrons. The highest BCUT2D eigenvalue weighted by atomic mass is 32.2. The number of aromatic nitrogens is 2. The van der Waals surface area contributed by atoms with E-state index in [0.717, 1.165) is 25.7 Å². The zero-order valence-corrected chi connectivity index (χ0v) is 22.3. The Morgan fingerprint density at radius 1 is 1.03 bits per heavy atom. The molecule has 2 aliphatic rings. The van der Waals surface area contributed by atoms with Crippen molar-refractivity contribution in [1.29, 1.82) is 0 Å². The van der Waals surface area contributed by atoms with Crippen molar-refractivity contribution in [2.75, 3.05) is 19.8 Å². The van der Waals surface area contributed by atoms with E-state index in [9.17, 15) is 22.0 Å². The molecular formula is C28H31F2N3O5S. The Bertz CT molecular complexity index is 1420. The van der Waals surface area contributed by atoms with Crippen LogP contribution >= 0.6 is 0 Å². The van der Waals surface area contributed by atoms with Gasteiger partial charge in [-0.2, -0.15) is 0 Å². The highest BCUT2D eigenvalue weighted by Gasteiger charge is 2.30. The lowest BCUT2D eigenvalue weighted by Crippen LogP contribution is -2.38. The first-order valence-corrected chi connectivity index (χ1v) is 14.7. The van der Waals surface area contributed by atoms with E-state index in [1.807, 2.05) is 0 Å². The number of sulfone groups is 1. The molecule has 1 aromatic heterocycles. The Hall–Kier alpha value is -3.15. The molecule has 0 bridgehead atoms. The van der Waals surface area contributed by atoms with Crippen molar-refractivity contribution < 1.29 is 31.5 Å². The fraction of sp³-hybridized carbons (Fsp3) is 0.429. The van der Waals surface area contributed by atoms with E-state index in [1.54, 1.807) is 21.6 Å². The van der Waals surface area contributed by atoms with E-state index in [-0.39, 0.29) is 48.1 Å². The molecule has 0 saturated carbocycles. The molecule has 2 atom stereocenters. The minimum Gasteiger partial charge on any atom is -0.376 e. The molecule has 2 unspecified atom stereocenters. The van der Waals surface area contributed by atoms with Gasteiger partial charge in [-0.05, 0) is 49.9 Å². The molecule has 0 spiro atoms. The molecule has 39 heavy (non-hydrogen) atoms. The van der Waals surface area contributed by atoms with Gasteiger partial charge in [0, 0.05) is 30.9 Å². The van der Waals surface area contributed by atoms with Gasteiger partial charge in [-0.1, -0.05) is 24.3 Å². The van der Waals surface area contributed by atoms with Crippen molar-refractivity contribution in [3.63, 3.8) is 0 Å². The van der Waals surface area contributed by atoms with E-state index in [4.69, 9.17) is 9.47 Å². The van der Waals surface area contributed by atoms with Gasteiger partial charge in [-0.25, -0.2) is 22.2 Å². The van der Waals surface area contributed by atoms with Crippen LogP contribution in [0.3, 0.4) is 0 Å². The van der Waals surface area contributed by atoms with E-state index in [0.29, 0.717) is 18.9 Å². The Labute approximate surface area is 226 Å². The number of nitrogens with zero attached hydrogens (tertiary/aromatic N) is 3. The van der Waals surface area contributed by atoms with Crippen LogP contribution in [-0.2, 0) is 38.2 Å². The predicted octanol–water partition coefficient (Wildman–Crippen LogP) is 4.14. The van der Waals surface area contributed by atoms with E-state index in [1.165, 1.54) is 42.6 Å². The summed E-state index contributed by atoms with van der Waals surface area (Å²) in [5.41, 5.74) is 0.720. The number of ether oxygens (including phenoxy) is 2. The lowest BCUT2D eigenvalue weighted by atomic mass is 10.1. The number of hydrogen-bond acceptors (Lipinski definition) is 6. The number of halogens is 2. The number of amides is 1. The maximum absolute atomic E-state index is 14.3. The summed E-state index contributed by atoms with van der Waals surface area (Å²) in [5.74, 6) is -2.08. The number of imidazole rings is 1. The molecule has 1 amide bonds. The summed E-state index contributed by atoms with van der Waals surface area (Å²) in [6, 6.07) is 11.2. The Balaban J connectivity index is 1.48. The normalized spacial score (nSPS) is 19.4. The molecule has 2 fully saturated rings. The Kier molecular flexibility index (Phi) is 8.39. The highest BCUT2D eigenvalue weighted by Crippen LogP contribution is 2.25. The largest absolute Gasteiger partial charge is 0.376 e. The van der Waals surface area contributed by atoms with Crippen LogP contribution in [0.2, 0.25) is 0 Å². The summed E-state index contributed by atoms with van der Waals surface area (Å²) in [7, 11) is -4.04. The first kappa shape index (κ1) is 27.4. The number of benzene rings is 2. The maximum atomic E-state index is 14.3. The predicted molar refractivity (Wildman–Crippen MR) is 139 cm³/mol. The summed E-state index contributed by atoms with van der Waals surface area (Å²) in [5, 5.41) is -0.202. The van der Waals surface area contributed by atoms with Crippen molar-refractivity contribution in [1.82, 2.24) is 14.5 Å². The van der Waals surface area contributed by atoms with Crippen molar-refractivity contribution in [2.24, 2.45) is 0 Å². The zero-order valence-electron chi connectivity index (χ0n) is 21.5. The number of hydrogen-bond donors (Lipinski definition) is 0. The maximum Gasteiger partial charge on any atom is 0.254 e. The second kappa shape index (κ2) is 11.9. The van der Waals surface area contributed by atoms with Crippen LogP contribution in [0.25, 0.3) is 0 Å². The molecule has 208 valence electrons. The average molecular weight is 560 g/mol. The Morgan fingerprint density at radius 2 is 1.77 bits per heavy atom. The minimum absolute atomic E-state index is 0.0319. The quantitative estimate of drug-likeness (QED) is 0.371. The van der Waals surface area contributed by atoms with Crippen LogP contribution in [0.1, 0.15) is 47.3 Å². The van der Waals surface area contributed by atoms with Gasteiger partial charge in [-0.3, -0.25) is 4.79 Å². The SMILES string of the molecule is O=C(c1cccc(F)c1)N(Cc1cnc(S(=O)(=O)Cc2ccccc2F)n1CC1CCCO1)CC1CCCO1. The first-order chi connectivity index (χ1) is 18.8. The van der Waals surface area contributed by atoms with Crippen molar-refractivity contribution in [3.05, 3.63) is 83.2 Å². The van der Waals surface area contributed by atoms with Crippen LogP contribution in [-0.4, -0.2) is 60.7 Å². The van der Waals surface area contributed by atoms with Gasteiger partial charge in [0.05, 0.1) is 42.9 Å². The first-order valence-electron chi connectivity index (χ1n) is 13.1. The number of carbonyl (C=O) groups is 1. The van der Waals surface area contributed by atoms with Gasteiger partial charge >= 0.3 is 0 Å². The van der Waals surface area contributed by atoms with E-state index >= 15 is 0 Å². The second-order valence-electron chi connectivity index (χ2n) is 9.96. The fourth-order valence-corrected chi connectivity index (χ4v) is 6.60. The summed E-state index contributed by atoms with van der Waals surface area (Å²) in [6.45, 7) is 1.70. The average Bonchev–Trinajstić information content (AvgIpc) is 3.69. The molecule has 3 aromatic rings. The van der Waals surface area contributed by atoms with Gasteiger partial charge in [0.25, 0.3) is 5.91 Å². The lowest BCUT2D eigenvalue weighted by Gasteiger charge is -2.26. The molecule has 2 aliphatic heterocycles. The van der Waals surface area contributed by atoms with Crippen molar-refractivity contribution in [3.8, 4) is 0 Å². The molecule has 2 saturated heterocycles. The van der Waals surface area contributed by atoms with Crippen LogP contribution in [0.5, 0.6) is 0 Å². The monoisotopic (exact) mass is 559 g/mol. The van der Waals surface area contributed by atoms with E-state index in [2.05, 4.69) is 4.98 Å². The summed E-state index contributed by atoms with van der Waals surface area (Å²) in [6.07, 6.45) is 4.31. The summed E-state index contributed by atoms with van der Waals surface area (Å²) in [4.78, 5) is 19.3. The molecule has 2 aromatic carbocycles. The second-order valence-corrected chi connectivity index (χ2v) is 11.8. The van der Waals surface area contributed by atoms with Gasteiger partial charge < -0.3 is 18.9 Å². The fourth-order valence-electron chi connectivity index (χ4n) is 5.09. The standard InChI is InChI=1S/C28H31F2N3O5S/c29-22-8-3-7-20(14-22)27(34)32(17-24-9-4-12-37-24)16-23-15-31-28(33(23)18-25-10-5-13-38-25)39(35,36)19-21-6-1-2-11-26(21)30/h1-3,6-8,11,14-15,24-25H,4-5,9-10,12-13,16-19H2. The van der Waals surface area contributed by atoms with Crippen LogP contribution in [0.15, 0.2) is 59.9 Å². The molecule has 8 nitrogen and oxygen atoms in total. The third-order valence-corrected chi connectivity index (χ3v) is 8.63. The Morgan fingerprint density at radius 3 is 2.46 bits per heavy atom. The van der Waals surface area contributed by atoms with Gasteiger partial charge in [0.15, 0.2) is 0 Å². The molecule has 3 heterocycles. The summed E-state index contributed by atoms with van der Waals surface area (Å²) >= 11 is 0. The van der Waals surface area contributed by atoms with Crippen molar-refractivity contribution in [2.45, 2.75) is 61.9 Å². The molecule has 5 rings (SSSR count). The van der Waals surface area contributed by atoms with Crippen LogP contribution < -0.4 is 0 Å². The van der Waals surface area contributed by atoms with Gasteiger partial charge in [0.2, 0.25) is 15.0 Å². The minimum atomic E-state index is -4.04. The number of rotatable bonds is 10. The smallest absolute Gasteiger partial charge is 0.254 e. The third-order valence-electron chi connectivity index (χ3n) is 7.05. The van der Waals surface area contributed by atoms with Crippen LogP contribution in [0, 0.1) is 11.6 Å². The van der Waals surface area contributed by atoms with Gasteiger partial charge in [0.1, 0.15) is 11.6 Å². The number of carbonyl (C=O) groups excluding carboxylic acids is 1. The molecule has 11 heteroatoms. The lowest BCUT2D eigenvalue weighted by molar-refractivity contribution is 0.0496. The van der Waals surface area contributed by atoms with Crippen LogP contribution in [0.4, 0.5) is 8.78 Å². The van der Waals surface area contributed by atoms with Gasteiger partial charge in [-0.15, -0.1) is 0 Å². The van der Waals surface area contributed by atoms with E-state index < -0.39 is 33.1 Å². The molecule has 0 N–H and O–H groups in total. The zero-order chi connectivity index (χ0) is 27.4. The third kappa shape index (κ3) is 6.54. The van der Waals surface area contributed by atoms with Crippen molar-refractivity contribution >= 4 is 15.7 Å². The topological polar surface area (TPSA) is 90.7 Å². The molecular weight excluding hydrogens is 528 g/mol.